The van der Waals surface area contributed by atoms with Gasteiger partial charge in [-0.25, -0.2) is 12.7 Å². The molecule has 2 fully saturated rings. The topological polar surface area (TPSA) is 66.9 Å². The predicted octanol–water partition coefficient (Wildman–Crippen LogP) is 0.543. The highest BCUT2D eigenvalue weighted by Crippen LogP contribution is 2.22. The van der Waals surface area contributed by atoms with Crippen molar-refractivity contribution in [1.29, 1.82) is 0 Å². The van der Waals surface area contributed by atoms with Crippen molar-refractivity contribution < 1.29 is 17.9 Å². The first kappa shape index (κ1) is 16.7. The Hall–Kier alpha value is -0.660. The molecule has 7 heteroatoms. The molecule has 0 aromatic rings. The van der Waals surface area contributed by atoms with Gasteiger partial charge in [0.15, 0.2) is 0 Å². The zero-order chi connectivity index (χ0) is 15.5. The van der Waals surface area contributed by atoms with Gasteiger partial charge in [0.05, 0.1) is 18.8 Å². The van der Waals surface area contributed by atoms with Crippen LogP contribution < -0.4 is 0 Å². The fourth-order valence-electron chi connectivity index (χ4n) is 3.12. The van der Waals surface area contributed by atoms with Crippen molar-refractivity contribution >= 4 is 15.9 Å². The highest BCUT2D eigenvalue weighted by Gasteiger charge is 2.33. The number of amides is 1. The van der Waals surface area contributed by atoms with Crippen LogP contribution in [0.25, 0.3) is 0 Å². The zero-order valence-corrected chi connectivity index (χ0v) is 13.8. The number of carbonyl (C=O) groups excluding carboxylic acids is 1. The highest BCUT2D eigenvalue weighted by atomic mass is 32.2. The Labute approximate surface area is 127 Å². The van der Waals surface area contributed by atoms with Crippen molar-refractivity contribution in [3.05, 3.63) is 0 Å². The Morgan fingerprint density at radius 2 is 2.14 bits per heavy atom. The number of hydrogen-bond acceptors (Lipinski definition) is 4. The summed E-state index contributed by atoms with van der Waals surface area (Å²) in [6, 6.07) is 0. The van der Waals surface area contributed by atoms with Gasteiger partial charge in [0, 0.05) is 38.7 Å². The lowest BCUT2D eigenvalue weighted by Crippen LogP contribution is -2.47. The minimum Gasteiger partial charge on any atom is -0.381 e. The van der Waals surface area contributed by atoms with Gasteiger partial charge in [-0.3, -0.25) is 4.79 Å². The SMILES string of the molecule is CCN(C[C@@H]1CCOC1)C(=O)[C@@H]1CCCN(S(C)(=O)=O)C1. The Balaban J connectivity index is 1.96. The van der Waals surface area contributed by atoms with Crippen molar-refractivity contribution in [2.24, 2.45) is 11.8 Å². The first-order valence-corrected chi connectivity index (χ1v) is 9.58. The third kappa shape index (κ3) is 4.40. The zero-order valence-electron chi connectivity index (χ0n) is 13.0. The summed E-state index contributed by atoms with van der Waals surface area (Å²) in [5.74, 6) is 0.317. The molecule has 0 aromatic heterocycles. The van der Waals surface area contributed by atoms with Crippen molar-refractivity contribution in [2.75, 3.05) is 45.6 Å². The van der Waals surface area contributed by atoms with Gasteiger partial charge in [0.1, 0.15) is 0 Å². The molecule has 2 atom stereocenters. The van der Waals surface area contributed by atoms with E-state index >= 15 is 0 Å². The Bertz CT molecular complexity index is 460. The third-order valence-electron chi connectivity index (χ3n) is 4.40. The van der Waals surface area contributed by atoms with Gasteiger partial charge in [-0.2, -0.15) is 0 Å². The molecule has 2 aliphatic rings. The largest absolute Gasteiger partial charge is 0.381 e. The molecule has 0 N–H and O–H groups in total. The molecule has 0 unspecified atom stereocenters. The van der Waals surface area contributed by atoms with Crippen molar-refractivity contribution in [1.82, 2.24) is 9.21 Å². The van der Waals surface area contributed by atoms with Gasteiger partial charge >= 0.3 is 0 Å². The molecule has 0 radical (unpaired) electrons. The standard InChI is InChI=1S/C14H26N2O4S/c1-3-15(9-12-6-8-20-11-12)14(17)13-5-4-7-16(10-13)21(2,18)19/h12-13H,3-11H2,1-2H3/t12-,13+/m0/s1. The summed E-state index contributed by atoms with van der Waals surface area (Å²) in [5.41, 5.74) is 0. The average Bonchev–Trinajstić information content (AvgIpc) is 2.96. The van der Waals surface area contributed by atoms with E-state index in [0.717, 1.165) is 39.0 Å². The molecule has 2 aliphatic heterocycles. The van der Waals surface area contributed by atoms with Crippen LogP contribution >= 0.6 is 0 Å². The quantitative estimate of drug-likeness (QED) is 0.742. The number of ether oxygens (including phenoxy) is 1. The maximum Gasteiger partial charge on any atom is 0.227 e. The summed E-state index contributed by atoms with van der Waals surface area (Å²) in [6.45, 7) is 5.74. The molecule has 21 heavy (non-hydrogen) atoms. The summed E-state index contributed by atoms with van der Waals surface area (Å²) in [6.07, 6.45) is 3.76. The summed E-state index contributed by atoms with van der Waals surface area (Å²) < 4.78 is 30.1. The van der Waals surface area contributed by atoms with Crippen LogP contribution in [0.2, 0.25) is 0 Å². The molecule has 122 valence electrons. The fourth-order valence-corrected chi connectivity index (χ4v) is 4.03. The van der Waals surface area contributed by atoms with E-state index < -0.39 is 10.0 Å². The molecule has 2 rings (SSSR count). The second-order valence-corrected chi connectivity index (χ2v) is 8.05. The lowest BCUT2D eigenvalue weighted by molar-refractivity contribution is -0.137. The van der Waals surface area contributed by atoms with Gasteiger partial charge in [-0.15, -0.1) is 0 Å². The summed E-state index contributed by atoms with van der Waals surface area (Å²) in [5, 5.41) is 0. The Kier molecular flexibility index (Phi) is 5.62. The predicted molar refractivity (Wildman–Crippen MR) is 80.3 cm³/mol. The van der Waals surface area contributed by atoms with Gasteiger partial charge in [-0.05, 0) is 26.2 Å². The van der Waals surface area contributed by atoms with E-state index in [1.807, 2.05) is 11.8 Å². The molecular weight excluding hydrogens is 292 g/mol. The van der Waals surface area contributed by atoms with Crippen molar-refractivity contribution in [3.63, 3.8) is 0 Å². The molecule has 0 aromatic carbocycles. The smallest absolute Gasteiger partial charge is 0.227 e. The number of carbonyl (C=O) groups is 1. The fraction of sp³-hybridized carbons (Fsp3) is 0.929. The van der Waals surface area contributed by atoms with Crippen LogP contribution in [0.1, 0.15) is 26.2 Å². The van der Waals surface area contributed by atoms with Gasteiger partial charge < -0.3 is 9.64 Å². The van der Waals surface area contributed by atoms with E-state index in [2.05, 4.69) is 0 Å². The monoisotopic (exact) mass is 318 g/mol. The maximum absolute atomic E-state index is 12.7. The third-order valence-corrected chi connectivity index (χ3v) is 5.67. The van der Waals surface area contributed by atoms with Gasteiger partial charge in [0.2, 0.25) is 15.9 Å². The second-order valence-electron chi connectivity index (χ2n) is 6.07. The van der Waals surface area contributed by atoms with E-state index in [9.17, 15) is 13.2 Å². The van der Waals surface area contributed by atoms with Crippen LogP contribution in [0, 0.1) is 11.8 Å². The molecule has 2 heterocycles. The number of nitrogens with zero attached hydrogens (tertiary/aromatic N) is 2. The normalized spacial score (nSPS) is 27.7. The van der Waals surface area contributed by atoms with Crippen LogP contribution in [-0.4, -0.2) is 69.2 Å². The van der Waals surface area contributed by atoms with Crippen molar-refractivity contribution in [2.45, 2.75) is 26.2 Å². The minimum absolute atomic E-state index is 0.0951. The van der Waals surface area contributed by atoms with Gasteiger partial charge in [0.25, 0.3) is 0 Å². The summed E-state index contributed by atoms with van der Waals surface area (Å²) in [7, 11) is -3.20. The lowest BCUT2D eigenvalue weighted by atomic mass is 9.97. The first-order valence-electron chi connectivity index (χ1n) is 7.73. The highest BCUT2D eigenvalue weighted by molar-refractivity contribution is 7.88. The number of piperidine rings is 1. The molecule has 2 saturated heterocycles. The number of sulfonamides is 1. The summed E-state index contributed by atoms with van der Waals surface area (Å²) >= 11 is 0. The Morgan fingerprint density at radius 1 is 1.38 bits per heavy atom. The molecular formula is C14H26N2O4S. The maximum atomic E-state index is 12.7. The van der Waals surface area contributed by atoms with Crippen LogP contribution in [-0.2, 0) is 19.6 Å². The molecule has 0 saturated carbocycles. The molecule has 0 aliphatic carbocycles. The van der Waals surface area contributed by atoms with Crippen LogP contribution in [0.4, 0.5) is 0 Å². The number of rotatable bonds is 5. The van der Waals surface area contributed by atoms with E-state index in [1.165, 1.54) is 10.6 Å². The molecule has 1 amide bonds. The van der Waals surface area contributed by atoms with Gasteiger partial charge in [-0.1, -0.05) is 0 Å². The Morgan fingerprint density at radius 3 is 2.71 bits per heavy atom. The number of hydrogen-bond donors (Lipinski definition) is 0. The minimum atomic E-state index is -3.20. The summed E-state index contributed by atoms with van der Waals surface area (Å²) in [4.78, 5) is 14.5. The van der Waals surface area contributed by atoms with E-state index in [0.29, 0.717) is 25.6 Å². The molecule has 6 nitrogen and oxygen atoms in total. The first-order chi connectivity index (χ1) is 9.91. The molecule has 0 bridgehead atoms. The van der Waals surface area contributed by atoms with E-state index in [4.69, 9.17) is 4.74 Å². The van der Waals surface area contributed by atoms with Crippen LogP contribution in [0.5, 0.6) is 0 Å². The second kappa shape index (κ2) is 7.07. The van der Waals surface area contributed by atoms with Crippen molar-refractivity contribution in [3.8, 4) is 0 Å². The average molecular weight is 318 g/mol. The van der Waals surface area contributed by atoms with E-state index in [1.54, 1.807) is 0 Å². The van der Waals surface area contributed by atoms with Crippen LogP contribution in [0.15, 0.2) is 0 Å². The van der Waals surface area contributed by atoms with Crippen LogP contribution in [0.3, 0.4) is 0 Å². The lowest BCUT2D eigenvalue weighted by Gasteiger charge is -2.34. The van der Waals surface area contributed by atoms with E-state index in [-0.39, 0.29) is 11.8 Å². The molecule has 0 spiro atoms.